The van der Waals surface area contributed by atoms with Gasteiger partial charge >= 0.3 is 6.09 Å². The van der Waals surface area contributed by atoms with Crippen LogP contribution in [0.5, 0.6) is 0 Å². The summed E-state index contributed by atoms with van der Waals surface area (Å²) in [6, 6.07) is 15.1. The summed E-state index contributed by atoms with van der Waals surface area (Å²) in [7, 11) is 0. The number of hydrogen-bond acceptors (Lipinski definition) is 2. The van der Waals surface area contributed by atoms with E-state index in [2.05, 4.69) is 17.2 Å². The summed E-state index contributed by atoms with van der Waals surface area (Å²) in [6.07, 6.45) is -0.486. The number of carbonyl (C=O) groups is 1. The first-order valence-corrected chi connectivity index (χ1v) is 7.22. The van der Waals surface area contributed by atoms with Crippen molar-refractivity contribution in [3.63, 3.8) is 0 Å². The Morgan fingerprint density at radius 1 is 1.23 bits per heavy atom. The maximum absolute atomic E-state index is 11.5. The summed E-state index contributed by atoms with van der Waals surface area (Å²) in [6.45, 7) is 2.40. The molecule has 22 heavy (non-hydrogen) atoms. The first-order chi connectivity index (χ1) is 10.6. The molecule has 0 unspecified atom stereocenters. The summed E-state index contributed by atoms with van der Waals surface area (Å²) >= 11 is 6.02. The highest BCUT2D eigenvalue weighted by Gasteiger charge is 2.00. The largest absolute Gasteiger partial charge is 0.445 e. The van der Waals surface area contributed by atoms with Gasteiger partial charge < -0.3 is 10.1 Å². The van der Waals surface area contributed by atoms with Crippen molar-refractivity contribution in [2.45, 2.75) is 13.5 Å². The number of nitrogens with one attached hydrogen (secondary N) is 1. The van der Waals surface area contributed by atoms with Crippen molar-refractivity contribution in [3.05, 3.63) is 70.2 Å². The molecule has 4 heteroatoms. The zero-order valence-electron chi connectivity index (χ0n) is 12.2. The molecule has 0 heterocycles. The van der Waals surface area contributed by atoms with Crippen LogP contribution >= 0.6 is 11.6 Å². The number of aryl methyl sites for hydroxylation is 1. The Balaban J connectivity index is 1.75. The molecule has 1 amide bonds. The summed E-state index contributed by atoms with van der Waals surface area (Å²) in [5.74, 6) is 5.79. The molecule has 0 atom stereocenters. The molecule has 2 aromatic rings. The van der Waals surface area contributed by atoms with Gasteiger partial charge in [0.15, 0.2) is 0 Å². The normalized spacial score (nSPS) is 9.55. The number of amides is 1. The fourth-order valence-electron chi connectivity index (χ4n) is 1.71. The van der Waals surface area contributed by atoms with Crippen molar-refractivity contribution in [3.8, 4) is 11.8 Å². The van der Waals surface area contributed by atoms with Crippen LogP contribution in [0.15, 0.2) is 48.5 Å². The number of benzene rings is 2. The number of carbonyl (C=O) groups excluding carboxylic acids is 1. The van der Waals surface area contributed by atoms with Crippen LogP contribution in [0.3, 0.4) is 0 Å². The van der Waals surface area contributed by atoms with Gasteiger partial charge in [-0.15, -0.1) is 0 Å². The second-order valence-electron chi connectivity index (χ2n) is 4.68. The topological polar surface area (TPSA) is 38.3 Å². The second kappa shape index (κ2) is 8.11. The van der Waals surface area contributed by atoms with Gasteiger partial charge in [-0.3, -0.25) is 0 Å². The molecule has 112 valence electrons. The highest BCUT2D eigenvalue weighted by atomic mass is 35.5. The molecule has 0 saturated carbocycles. The monoisotopic (exact) mass is 313 g/mol. The van der Waals surface area contributed by atoms with Gasteiger partial charge in [-0.25, -0.2) is 4.79 Å². The number of halogens is 1. The fourth-order valence-corrected chi connectivity index (χ4v) is 1.89. The molecule has 2 aromatic carbocycles. The molecule has 3 nitrogen and oxygen atoms in total. The predicted molar refractivity (Wildman–Crippen MR) is 87.7 cm³/mol. The van der Waals surface area contributed by atoms with E-state index in [0.29, 0.717) is 5.02 Å². The average molecular weight is 314 g/mol. The maximum atomic E-state index is 11.5. The van der Waals surface area contributed by atoms with Gasteiger partial charge in [-0.1, -0.05) is 59.8 Å². The van der Waals surface area contributed by atoms with E-state index < -0.39 is 6.09 Å². The van der Waals surface area contributed by atoms with Gasteiger partial charge in [0.2, 0.25) is 0 Å². The minimum Gasteiger partial charge on any atom is -0.445 e. The fraction of sp³-hybridized carbons (Fsp3) is 0.167. The van der Waals surface area contributed by atoms with Gasteiger partial charge in [0, 0.05) is 10.6 Å². The third-order valence-electron chi connectivity index (χ3n) is 2.94. The zero-order chi connectivity index (χ0) is 15.8. The lowest BCUT2D eigenvalue weighted by atomic mass is 10.1. The van der Waals surface area contributed by atoms with Crippen LogP contribution in [0.25, 0.3) is 0 Å². The lowest BCUT2D eigenvalue weighted by Crippen LogP contribution is -2.24. The van der Waals surface area contributed by atoms with E-state index in [0.717, 1.165) is 16.7 Å². The van der Waals surface area contributed by atoms with Crippen molar-refractivity contribution in [2.24, 2.45) is 0 Å². The molecule has 0 aromatic heterocycles. The minimum absolute atomic E-state index is 0.221. The minimum atomic E-state index is -0.486. The lowest BCUT2D eigenvalue weighted by molar-refractivity contribution is 0.141. The van der Waals surface area contributed by atoms with E-state index in [9.17, 15) is 4.79 Å². The third-order valence-corrected chi connectivity index (χ3v) is 3.35. The summed E-state index contributed by atoms with van der Waals surface area (Å²) in [5.41, 5.74) is 2.77. The molecular weight excluding hydrogens is 298 g/mol. The van der Waals surface area contributed by atoms with Crippen molar-refractivity contribution in [1.29, 1.82) is 0 Å². The summed E-state index contributed by atoms with van der Waals surface area (Å²) in [5, 5.41) is 3.26. The molecule has 0 fully saturated rings. The summed E-state index contributed by atoms with van der Waals surface area (Å²) in [4.78, 5) is 11.5. The standard InChI is InChI=1S/C18H16ClNO2/c1-14-9-10-15(12-17(14)19)8-5-11-20-18(21)22-13-16-6-3-2-4-7-16/h2-4,6-7,9-10,12H,11,13H2,1H3,(H,20,21). The average Bonchev–Trinajstić information content (AvgIpc) is 2.54. The van der Waals surface area contributed by atoms with Crippen LogP contribution in [0.1, 0.15) is 16.7 Å². The third kappa shape index (κ3) is 5.16. The Morgan fingerprint density at radius 2 is 2.00 bits per heavy atom. The van der Waals surface area contributed by atoms with E-state index in [1.54, 1.807) is 6.07 Å². The Hall–Kier alpha value is -2.44. The van der Waals surface area contributed by atoms with E-state index in [4.69, 9.17) is 16.3 Å². The summed E-state index contributed by atoms with van der Waals surface area (Å²) < 4.78 is 5.08. The predicted octanol–water partition coefficient (Wildman–Crippen LogP) is 3.93. The Labute approximate surface area is 135 Å². The van der Waals surface area contributed by atoms with Crippen LogP contribution in [-0.2, 0) is 11.3 Å². The molecule has 1 N–H and O–H groups in total. The second-order valence-corrected chi connectivity index (χ2v) is 5.09. The zero-order valence-corrected chi connectivity index (χ0v) is 13.0. The molecule has 0 bridgehead atoms. The molecule has 0 spiro atoms. The Kier molecular flexibility index (Phi) is 5.88. The molecular formula is C18H16ClNO2. The lowest BCUT2D eigenvalue weighted by Gasteiger charge is -2.04. The smallest absolute Gasteiger partial charge is 0.408 e. The molecule has 0 aliphatic rings. The van der Waals surface area contributed by atoms with Crippen molar-refractivity contribution in [2.75, 3.05) is 6.54 Å². The maximum Gasteiger partial charge on any atom is 0.408 e. The number of rotatable bonds is 3. The Bertz CT molecular complexity index is 702. The highest BCUT2D eigenvalue weighted by Crippen LogP contribution is 2.15. The molecule has 0 saturated heterocycles. The van der Waals surface area contributed by atoms with Crippen LogP contribution in [0.2, 0.25) is 5.02 Å². The van der Waals surface area contributed by atoms with Crippen LogP contribution < -0.4 is 5.32 Å². The van der Waals surface area contributed by atoms with E-state index in [1.165, 1.54) is 0 Å². The van der Waals surface area contributed by atoms with Gasteiger partial charge in [-0.2, -0.15) is 0 Å². The number of alkyl carbamates (subject to hydrolysis) is 1. The van der Waals surface area contributed by atoms with Crippen LogP contribution in [0, 0.1) is 18.8 Å². The van der Waals surface area contributed by atoms with E-state index in [1.807, 2.05) is 49.4 Å². The quantitative estimate of drug-likeness (QED) is 0.872. The number of hydrogen-bond donors (Lipinski definition) is 1. The van der Waals surface area contributed by atoms with E-state index in [-0.39, 0.29) is 13.2 Å². The van der Waals surface area contributed by atoms with Crippen molar-refractivity contribution >= 4 is 17.7 Å². The van der Waals surface area contributed by atoms with Gasteiger partial charge in [0.05, 0.1) is 6.54 Å². The SMILES string of the molecule is Cc1ccc(C#CCNC(=O)OCc2ccccc2)cc1Cl. The molecule has 2 rings (SSSR count). The Morgan fingerprint density at radius 3 is 2.73 bits per heavy atom. The van der Waals surface area contributed by atoms with Crippen molar-refractivity contribution < 1.29 is 9.53 Å². The number of ether oxygens (including phenoxy) is 1. The highest BCUT2D eigenvalue weighted by molar-refractivity contribution is 6.31. The first-order valence-electron chi connectivity index (χ1n) is 6.85. The van der Waals surface area contributed by atoms with Crippen LogP contribution in [-0.4, -0.2) is 12.6 Å². The van der Waals surface area contributed by atoms with Gasteiger partial charge in [-0.05, 0) is 30.2 Å². The van der Waals surface area contributed by atoms with E-state index >= 15 is 0 Å². The molecule has 0 aliphatic carbocycles. The van der Waals surface area contributed by atoms with Crippen molar-refractivity contribution in [1.82, 2.24) is 5.32 Å². The van der Waals surface area contributed by atoms with Gasteiger partial charge in [0.25, 0.3) is 0 Å². The molecule has 0 aliphatic heterocycles. The van der Waals surface area contributed by atoms with Gasteiger partial charge in [0.1, 0.15) is 6.61 Å². The molecule has 0 radical (unpaired) electrons. The van der Waals surface area contributed by atoms with Crippen LogP contribution in [0.4, 0.5) is 4.79 Å². The first kappa shape index (κ1) is 15.9.